The summed E-state index contributed by atoms with van der Waals surface area (Å²) in [7, 11) is 1.61. The normalized spacial score (nSPS) is 10.9. The Morgan fingerprint density at radius 3 is 2.62 bits per heavy atom. The number of benzene rings is 1. The van der Waals surface area contributed by atoms with Crippen LogP contribution in [0.1, 0.15) is 27.2 Å². The molecular formula is C15H23ClN2O3. The Morgan fingerprint density at radius 1 is 1.29 bits per heavy atom. The van der Waals surface area contributed by atoms with Crippen LogP contribution >= 0.6 is 11.6 Å². The second kappa shape index (κ2) is 7.98. The molecule has 0 aliphatic heterocycles. The Bertz CT molecular complexity index is 472. The highest BCUT2D eigenvalue weighted by atomic mass is 35.5. The van der Waals surface area contributed by atoms with Crippen molar-refractivity contribution in [3.8, 4) is 5.75 Å². The lowest BCUT2D eigenvalue weighted by atomic mass is 10.2. The van der Waals surface area contributed by atoms with Gasteiger partial charge in [0.05, 0.1) is 12.8 Å². The van der Waals surface area contributed by atoms with Crippen LogP contribution < -0.4 is 15.4 Å². The number of hydrogen-bond donors (Lipinski definition) is 2. The molecule has 0 bridgehead atoms. The molecule has 1 rings (SSSR count). The van der Waals surface area contributed by atoms with E-state index in [1.807, 2.05) is 32.9 Å². The van der Waals surface area contributed by atoms with Gasteiger partial charge in [-0.05, 0) is 45.4 Å². The molecule has 21 heavy (non-hydrogen) atoms. The first-order chi connectivity index (χ1) is 9.81. The summed E-state index contributed by atoms with van der Waals surface area (Å²) in [6.45, 7) is 6.72. The van der Waals surface area contributed by atoms with E-state index in [1.54, 1.807) is 13.2 Å². The molecule has 5 nitrogen and oxygen atoms in total. The zero-order chi connectivity index (χ0) is 15.9. The second-order valence-corrected chi connectivity index (χ2v) is 5.99. The molecule has 6 heteroatoms. The van der Waals surface area contributed by atoms with Crippen LogP contribution in [0.2, 0.25) is 5.02 Å². The first kappa shape index (κ1) is 17.4. The summed E-state index contributed by atoms with van der Waals surface area (Å²) in [5, 5.41) is 6.58. The van der Waals surface area contributed by atoms with Gasteiger partial charge in [0.2, 0.25) is 0 Å². The van der Waals surface area contributed by atoms with E-state index in [9.17, 15) is 4.79 Å². The van der Waals surface area contributed by atoms with Crippen molar-refractivity contribution in [2.24, 2.45) is 0 Å². The van der Waals surface area contributed by atoms with Gasteiger partial charge in [0.15, 0.2) is 0 Å². The van der Waals surface area contributed by atoms with Gasteiger partial charge in [-0.3, -0.25) is 0 Å². The van der Waals surface area contributed by atoms with Gasteiger partial charge >= 0.3 is 6.09 Å². The molecule has 0 unspecified atom stereocenters. The number of ether oxygens (including phenoxy) is 2. The minimum Gasteiger partial charge on any atom is -0.495 e. The Labute approximate surface area is 131 Å². The molecule has 1 amide bonds. The highest BCUT2D eigenvalue weighted by Crippen LogP contribution is 2.27. The third-order valence-corrected chi connectivity index (χ3v) is 2.73. The summed E-state index contributed by atoms with van der Waals surface area (Å²) in [6.07, 6.45) is 0.359. The number of amides is 1. The van der Waals surface area contributed by atoms with Crippen molar-refractivity contribution >= 4 is 23.4 Å². The lowest BCUT2D eigenvalue weighted by Crippen LogP contribution is -2.33. The van der Waals surface area contributed by atoms with E-state index < -0.39 is 11.7 Å². The Kier molecular flexibility index (Phi) is 6.62. The van der Waals surface area contributed by atoms with Gasteiger partial charge in [-0.1, -0.05) is 11.6 Å². The lowest BCUT2D eigenvalue weighted by Gasteiger charge is -2.19. The smallest absolute Gasteiger partial charge is 0.407 e. The number of nitrogens with one attached hydrogen (secondary N) is 2. The molecule has 0 saturated carbocycles. The summed E-state index contributed by atoms with van der Waals surface area (Å²) in [5.74, 6) is 0.736. The SMILES string of the molecule is COc1ccc(Cl)cc1NCCCNC(=O)OC(C)(C)C. The summed E-state index contributed by atoms with van der Waals surface area (Å²) >= 11 is 5.95. The van der Waals surface area contributed by atoms with Crippen LogP contribution in [-0.2, 0) is 4.74 Å². The van der Waals surface area contributed by atoms with Gasteiger partial charge in [-0.25, -0.2) is 4.79 Å². The van der Waals surface area contributed by atoms with Crippen molar-refractivity contribution < 1.29 is 14.3 Å². The molecule has 0 aliphatic rings. The first-order valence-electron chi connectivity index (χ1n) is 6.86. The molecule has 2 N–H and O–H groups in total. The zero-order valence-electron chi connectivity index (χ0n) is 13.0. The van der Waals surface area contributed by atoms with E-state index in [4.69, 9.17) is 21.1 Å². The summed E-state index contributed by atoms with van der Waals surface area (Å²) in [6, 6.07) is 5.39. The average Bonchev–Trinajstić information content (AvgIpc) is 2.36. The van der Waals surface area contributed by atoms with Crippen LogP contribution in [0.4, 0.5) is 10.5 Å². The Balaban J connectivity index is 2.29. The number of hydrogen-bond acceptors (Lipinski definition) is 4. The summed E-state index contributed by atoms with van der Waals surface area (Å²) in [5.41, 5.74) is 0.360. The topological polar surface area (TPSA) is 59.6 Å². The van der Waals surface area contributed by atoms with Gasteiger partial charge in [-0.15, -0.1) is 0 Å². The molecule has 0 spiro atoms. The third kappa shape index (κ3) is 7.09. The number of rotatable bonds is 6. The monoisotopic (exact) mass is 314 g/mol. The quantitative estimate of drug-likeness (QED) is 0.786. The van der Waals surface area contributed by atoms with Crippen molar-refractivity contribution in [1.29, 1.82) is 0 Å². The minimum atomic E-state index is -0.476. The molecule has 0 aromatic heterocycles. The molecule has 1 aromatic rings. The molecule has 0 saturated heterocycles. The minimum absolute atomic E-state index is 0.400. The molecule has 118 valence electrons. The lowest BCUT2D eigenvalue weighted by molar-refractivity contribution is 0.0528. The van der Waals surface area contributed by atoms with Crippen molar-refractivity contribution in [3.63, 3.8) is 0 Å². The van der Waals surface area contributed by atoms with Crippen LogP contribution in [0.3, 0.4) is 0 Å². The van der Waals surface area contributed by atoms with Crippen LogP contribution in [-0.4, -0.2) is 31.9 Å². The van der Waals surface area contributed by atoms with Crippen LogP contribution in [0.15, 0.2) is 18.2 Å². The predicted molar refractivity (Wildman–Crippen MR) is 85.3 cm³/mol. The second-order valence-electron chi connectivity index (χ2n) is 5.55. The van der Waals surface area contributed by atoms with Crippen molar-refractivity contribution in [2.45, 2.75) is 32.8 Å². The highest BCUT2D eigenvalue weighted by Gasteiger charge is 2.15. The van der Waals surface area contributed by atoms with Crippen molar-refractivity contribution in [3.05, 3.63) is 23.2 Å². The fourth-order valence-electron chi connectivity index (χ4n) is 1.63. The van der Waals surface area contributed by atoms with Crippen LogP contribution in [0.25, 0.3) is 0 Å². The van der Waals surface area contributed by atoms with Crippen LogP contribution in [0.5, 0.6) is 5.75 Å². The predicted octanol–water partition coefficient (Wildman–Crippen LogP) is 3.68. The molecule has 0 aliphatic carbocycles. The Hall–Kier alpha value is -1.62. The van der Waals surface area contributed by atoms with Gasteiger partial charge in [-0.2, -0.15) is 0 Å². The van der Waals surface area contributed by atoms with E-state index in [0.717, 1.165) is 17.9 Å². The molecule has 0 radical (unpaired) electrons. The number of carbonyl (C=O) groups is 1. The van der Waals surface area contributed by atoms with E-state index >= 15 is 0 Å². The Morgan fingerprint density at radius 2 is 2.00 bits per heavy atom. The standard InChI is InChI=1S/C15H23ClN2O3/c1-15(2,3)21-14(19)18-9-5-8-17-12-10-11(16)6-7-13(12)20-4/h6-7,10,17H,5,8-9H2,1-4H3,(H,18,19). The van der Waals surface area contributed by atoms with E-state index in [0.29, 0.717) is 18.1 Å². The number of alkyl carbamates (subject to hydrolysis) is 1. The van der Waals surface area contributed by atoms with Gasteiger partial charge in [0.1, 0.15) is 11.4 Å². The maximum absolute atomic E-state index is 11.4. The molecule has 1 aromatic carbocycles. The number of halogens is 1. The van der Waals surface area contributed by atoms with E-state index in [-0.39, 0.29) is 0 Å². The van der Waals surface area contributed by atoms with E-state index in [2.05, 4.69) is 10.6 Å². The largest absolute Gasteiger partial charge is 0.495 e. The molecule has 0 fully saturated rings. The number of methoxy groups -OCH3 is 1. The molecular weight excluding hydrogens is 292 g/mol. The molecule has 0 heterocycles. The maximum atomic E-state index is 11.4. The number of carbonyl (C=O) groups excluding carboxylic acids is 1. The molecule has 0 atom stereocenters. The van der Waals surface area contributed by atoms with Gasteiger partial charge < -0.3 is 20.1 Å². The van der Waals surface area contributed by atoms with Gasteiger partial charge in [0.25, 0.3) is 0 Å². The highest BCUT2D eigenvalue weighted by molar-refractivity contribution is 6.30. The zero-order valence-corrected chi connectivity index (χ0v) is 13.7. The fraction of sp³-hybridized carbons (Fsp3) is 0.533. The first-order valence-corrected chi connectivity index (χ1v) is 7.24. The van der Waals surface area contributed by atoms with Crippen LogP contribution in [0, 0.1) is 0 Å². The van der Waals surface area contributed by atoms with Gasteiger partial charge in [0, 0.05) is 18.1 Å². The number of anilines is 1. The third-order valence-electron chi connectivity index (χ3n) is 2.50. The van der Waals surface area contributed by atoms with E-state index in [1.165, 1.54) is 0 Å². The van der Waals surface area contributed by atoms with Crippen molar-refractivity contribution in [1.82, 2.24) is 5.32 Å². The summed E-state index contributed by atoms with van der Waals surface area (Å²) < 4.78 is 10.4. The fourth-order valence-corrected chi connectivity index (χ4v) is 1.81. The maximum Gasteiger partial charge on any atom is 0.407 e. The summed E-state index contributed by atoms with van der Waals surface area (Å²) in [4.78, 5) is 11.4. The average molecular weight is 315 g/mol. The van der Waals surface area contributed by atoms with Crippen molar-refractivity contribution in [2.75, 3.05) is 25.5 Å².